The summed E-state index contributed by atoms with van der Waals surface area (Å²) >= 11 is 1.58. The topological polar surface area (TPSA) is 214 Å². The molecule has 16 nitrogen and oxygen atoms in total. The zero-order valence-corrected chi connectivity index (χ0v) is 42.5. The van der Waals surface area contributed by atoms with Crippen molar-refractivity contribution in [2.75, 3.05) is 44.1 Å². The van der Waals surface area contributed by atoms with Crippen LogP contribution in [0.2, 0.25) is 0 Å². The van der Waals surface area contributed by atoms with Crippen LogP contribution in [0.3, 0.4) is 0 Å². The average Bonchev–Trinajstić information content (AvgIpc) is 3.97. The first kappa shape index (κ1) is 52.7. The highest BCUT2D eigenvalue weighted by Crippen LogP contribution is 2.40. The Labute approximate surface area is 409 Å². The summed E-state index contributed by atoms with van der Waals surface area (Å²) in [4.78, 5) is 76.3. The first-order valence-corrected chi connectivity index (χ1v) is 26.4. The van der Waals surface area contributed by atoms with Gasteiger partial charge in [-0.15, -0.1) is 11.3 Å². The van der Waals surface area contributed by atoms with E-state index in [2.05, 4.69) is 20.9 Å². The smallest absolute Gasteiger partial charge is 0.264 e. The van der Waals surface area contributed by atoms with Gasteiger partial charge in [-0.3, -0.25) is 28.9 Å². The standard InChI is InChI=1S/C51H66N6O10S2/c1-9-67-43-25-36(20-21-42(43)66-7)41(29-69(8,64)65)57-48(61)38-23-34(24-39(55-32(3)58)44(38)49(57)62)15-13-11-10-12-14-22-52-46(51(4,5)6)50(63)56-28-37(59)26-40(56)47(60)53-27-33-16-18-35(19-17-33)45-31(2)54-30-68-45/h16-21,23-25,30,37,40-41,46,52,59H,9-15,22,26-29H2,1-8H3,(H,53,60)(H,55,58)/t37?,40?,41-,46?/m1/s1. The second-order valence-electron chi connectivity index (χ2n) is 19.0. The van der Waals surface area contributed by atoms with Gasteiger partial charge in [-0.2, -0.15) is 0 Å². The van der Waals surface area contributed by atoms with E-state index in [0.717, 1.165) is 70.5 Å². The number of nitrogens with zero attached hydrogens (tertiary/aromatic N) is 3. The minimum atomic E-state index is -3.72. The van der Waals surface area contributed by atoms with Gasteiger partial charge >= 0.3 is 0 Å². The minimum Gasteiger partial charge on any atom is -0.493 e. The zero-order valence-electron chi connectivity index (χ0n) is 40.8. The highest BCUT2D eigenvalue weighted by atomic mass is 32.2. The van der Waals surface area contributed by atoms with Gasteiger partial charge in [0.25, 0.3) is 11.8 Å². The zero-order chi connectivity index (χ0) is 50.2. The van der Waals surface area contributed by atoms with E-state index >= 15 is 0 Å². The monoisotopic (exact) mass is 986 g/mol. The molecule has 69 heavy (non-hydrogen) atoms. The van der Waals surface area contributed by atoms with E-state index in [-0.39, 0.29) is 41.6 Å². The quantitative estimate of drug-likeness (QED) is 0.0482. The summed E-state index contributed by atoms with van der Waals surface area (Å²) in [6.45, 7) is 12.2. The molecule has 1 aromatic heterocycles. The van der Waals surface area contributed by atoms with E-state index in [1.54, 1.807) is 48.6 Å². The third kappa shape index (κ3) is 13.1. The molecule has 0 spiro atoms. The highest BCUT2D eigenvalue weighted by Gasteiger charge is 2.45. The number of β-amino-alcohol motifs (C(OH)–C–C–N with tert-alkyl or cyclic N) is 1. The number of ether oxygens (including phenoxy) is 2. The van der Waals surface area contributed by atoms with Crippen molar-refractivity contribution in [3.8, 4) is 21.9 Å². The molecule has 4 aromatic rings. The Balaban J connectivity index is 1.03. The molecule has 1 fully saturated rings. The van der Waals surface area contributed by atoms with Crippen LogP contribution < -0.4 is 25.4 Å². The highest BCUT2D eigenvalue weighted by molar-refractivity contribution is 7.90. The van der Waals surface area contributed by atoms with Crippen molar-refractivity contribution in [2.45, 2.75) is 117 Å². The summed E-state index contributed by atoms with van der Waals surface area (Å²) in [7, 11) is -2.24. The molecule has 3 unspecified atom stereocenters. The van der Waals surface area contributed by atoms with Crippen LogP contribution in [0.1, 0.15) is 122 Å². The molecule has 3 aromatic carbocycles. The van der Waals surface area contributed by atoms with Crippen molar-refractivity contribution in [1.82, 2.24) is 25.4 Å². The van der Waals surface area contributed by atoms with Crippen LogP contribution in [0.4, 0.5) is 5.69 Å². The van der Waals surface area contributed by atoms with Gasteiger partial charge in [-0.05, 0) is 91.6 Å². The normalized spacial score (nSPS) is 16.9. The fraction of sp³-hybridized carbons (Fsp3) is 0.490. The van der Waals surface area contributed by atoms with Gasteiger partial charge in [0.05, 0.1) is 70.6 Å². The number of methoxy groups -OCH3 is 1. The van der Waals surface area contributed by atoms with Gasteiger partial charge in [-0.25, -0.2) is 13.4 Å². The predicted octanol–water partition coefficient (Wildman–Crippen LogP) is 6.64. The number of aliphatic hydroxyl groups excluding tert-OH is 1. The molecule has 372 valence electrons. The maximum absolute atomic E-state index is 14.2. The van der Waals surface area contributed by atoms with Gasteiger partial charge < -0.3 is 35.4 Å². The van der Waals surface area contributed by atoms with Crippen LogP contribution in [0.25, 0.3) is 10.4 Å². The van der Waals surface area contributed by atoms with E-state index in [9.17, 15) is 37.5 Å². The number of sulfone groups is 1. The molecule has 18 heteroatoms. The number of fused-ring (bicyclic) bond motifs is 1. The summed E-state index contributed by atoms with van der Waals surface area (Å²) in [6, 6.07) is 13.5. The molecule has 2 aliphatic rings. The number of aliphatic hydroxyl groups is 1. The number of carbonyl (C=O) groups is 5. The lowest BCUT2D eigenvalue weighted by Gasteiger charge is -2.35. The number of thiazole rings is 1. The molecule has 3 heterocycles. The maximum atomic E-state index is 14.2. The summed E-state index contributed by atoms with van der Waals surface area (Å²) in [6.07, 6.45) is 5.11. The number of hydrogen-bond acceptors (Lipinski definition) is 13. The number of carbonyl (C=O) groups excluding carboxylic acids is 5. The first-order valence-electron chi connectivity index (χ1n) is 23.5. The van der Waals surface area contributed by atoms with Crippen LogP contribution >= 0.6 is 11.3 Å². The number of anilines is 1. The van der Waals surface area contributed by atoms with Crippen molar-refractivity contribution in [3.63, 3.8) is 0 Å². The predicted molar refractivity (Wildman–Crippen MR) is 266 cm³/mol. The summed E-state index contributed by atoms with van der Waals surface area (Å²) in [5, 5.41) is 19.8. The van der Waals surface area contributed by atoms with Crippen LogP contribution in [0, 0.1) is 12.3 Å². The Morgan fingerprint density at radius 1 is 0.957 bits per heavy atom. The minimum absolute atomic E-state index is 0.00971. The lowest BCUT2D eigenvalue weighted by atomic mass is 9.85. The molecule has 0 radical (unpaired) electrons. The fourth-order valence-corrected chi connectivity index (χ4v) is 10.8. The summed E-state index contributed by atoms with van der Waals surface area (Å²) in [5.74, 6) is -2.12. The SMILES string of the molecule is CCOc1cc([C@@H](CS(C)(=O)=O)N2C(=O)c3cc(CCCCCCCNC(C(=O)N4CC(O)CC4C(=O)NCc4ccc(-c5scnc5C)cc4)C(C)(C)C)cc(NC(C)=O)c3C2=O)ccc1OC. The van der Waals surface area contributed by atoms with Gasteiger partial charge in [0.15, 0.2) is 11.5 Å². The van der Waals surface area contributed by atoms with E-state index in [1.165, 1.54) is 18.9 Å². The Hall–Kier alpha value is -5.69. The largest absolute Gasteiger partial charge is 0.493 e. The van der Waals surface area contributed by atoms with Gasteiger partial charge in [0, 0.05) is 32.7 Å². The molecular weight excluding hydrogens is 921 g/mol. The fourth-order valence-electron chi connectivity index (χ4n) is 9.06. The second kappa shape index (κ2) is 22.8. The van der Waals surface area contributed by atoms with Crippen molar-refractivity contribution in [3.05, 3.63) is 93.6 Å². The number of unbranched alkanes of at least 4 members (excludes halogenated alkanes) is 4. The van der Waals surface area contributed by atoms with Gasteiger partial charge in [0.2, 0.25) is 17.7 Å². The van der Waals surface area contributed by atoms with Crippen LogP contribution in [0.5, 0.6) is 11.5 Å². The molecule has 4 N–H and O–H groups in total. The molecule has 0 saturated carbocycles. The molecule has 0 bridgehead atoms. The molecule has 2 aliphatic heterocycles. The van der Waals surface area contributed by atoms with Crippen molar-refractivity contribution >= 4 is 56.4 Å². The van der Waals surface area contributed by atoms with Gasteiger partial charge in [0.1, 0.15) is 15.9 Å². The lowest BCUT2D eigenvalue weighted by Crippen LogP contribution is -2.56. The number of nitrogens with one attached hydrogen (secondary N) is 3. The number of amides is 5. The van der Waals surface area contributed by atoms with E-state index < -0.39 is 63.0 Å². The molecular formula is C51H66N6O10S2. The Morgan fingerprint density at radius 3 is 2.30 bits per heavy atom. The molecule has 0 aliphatic carbocycles. The summed E-state index contributed by atoms with van der Waals surface area (Å²) < 4.78 is 36.6. The van der Waals surface area contributed by atoms with Crippen LogP contribution in [-0.4, -0.2) is 115 Å². The molecule has 4 atom stereocenters. The molecule has 6 rings (SSSR count). The average molecular weight is 987 g/mol. The number of aryl methyl sites for hydroxylation is 2. The third-order valence-corrected chi connectivity index (χ3v) is 14.3. The second-order valence-corrected chi connectivity index (χ2v) is 22.1. The van der Waals surface area contributed by atoms with Crippen molar-refractivity contribution < 1.29 is 47.0 Å². The molecule has 1 saturated heterocycles. The Bertz CT molecular complexity index is 2630. The Kier molecular flexibility index (Phi) is 17.4. The van der Waals surface area contributed by atoms with E-state index in [1.807, 2.05) is 57.5 Å². The number of aromatic nitrogens is 1. The summed E-state index contributed by atoms with van der Waals surface area (Å²) in [5.41, 5.74) is 5.69. The number of hydrogen-bond donors (Lipinski definition) is 4. The van der Waals surface area contributed by atoms with Crippen LogP contribution in [0.15, 0.2) is 60.1 Å². The number of benzene rings is 3. The maximum Gasteiger partial charge on any atom is 0.264 e. The van der Waals surface area contributed by atoms with Crippen molar-refractivity contribution in [2.24, 2.45) is 5.41 Å². The number of imide groups is 1. The number of rotatable bonds is 22. The first-order chi connectivity index (χ1) is 32.7. The molecule has 5 amide bonds. The van der Waals surface area contributed by atoms with E-state index in [0.29, 0.717) is 43.2 Å². The number of likely N-dealkylation sites (tertiary alicyclic amines) is 1. The van der Waals surface area contributed by atoms with E-state index in [4.69, 9.17) is 9.47 Å². The lowest BCUT2D eigenvalue weighted by molar-refractivity contribution is -0.142. The Morgan fingerprint density at radius 2 is 1.67 bits per heavy atom. The van der Waals surface area contributed by atoms with Crippen LogP contribution in [-0.2, 0) is 37.2 Å². The van der Waals surface area contributed by atoms with Crippen molar-refractivity contribution in [1.29, 1.82) is 0 Å². The van der Waals surface area contributed by atoms with Gasteiger partial charge in [-0.1, -0.05) is 70.4 Å². The third-order valence-electron chi connectivity index (χ3n) is 12.4.